The van der Waals surface area contributed by atoms with Crippen molar-refractivity contribution in [2.24, 2.45) is 5.92 Å². The Morgan fingerprint density at radius 2 is 2.10 bits per heavy atom. The van der Waals surface area contributed by atoms with Crippen LogP contribution in [0.2, 0.25) is 0 Å². The minimum atomic E-state index is -0.0307. The molecule has 0 spiro atoms. The van der Waals surface area contributed by atoms with Crippen LogP contribution in [0.25, 0.3) is 0 Å². The third-order valence-corrected chi connectivity index (χ3v) is 4.03. The zero-order valence-corrected chi connectivity index (χ0v) is 13.2. The Bertz CT molecular complexity index is 437. The zero-order valence-electron chi connectivity index (χ0n) is 11.6. The predicted octanol–water partition coefficient (Wildman–Crippen LogP) is 0.881. The Morgan fingerprint density at radius 3 is 2.75 bits per heavy atom. The lowest BCUT2D eigenvalue weighted by atomic mass is 10.0. The highest BCUT2D eigenvalue weighted by molar-refractivity contribution is 9.10. The highest BCUT2D eigenvalue weighted by atomic mass is 79.9. The number of benzene rings is 1. The SMILES string of the molecule is CC1NNCC1CNCCNC(=O)c1ccc(Br)cc1. The molecule has 2 rings (SSSR count). The molecule has 1 fully saturated rings. The van der Waals surface area contributed by atoms with Crippen molar-refractivity contribution in [1.29, 1.82) is 0 Å². The molecule has 6 heteroatoms. The minimum absolute atomic E-state index is 0.0307. The molecule has 4 N–H and O–H groups in total. The first kappa shape index (κ1) is 15.4. The lowest BCUT2D eigenvalue weighted by molar-refractivity contribution is 0.0954. The van der Waals surface area contributed by atoms with Crippen LogP contribution in [0.4, 0.5) is 0 Å². The molecule has 1 amide bonds. The van der Waals surface area contributed by atoms with E-state index >= 15 is 0 Å². The molecular formula is C14H21BrN4O. The van der Waals surface area contributed by atoms with Gasteiger partial charge in [-0.15, -0.1) is 0 Å². The molecule has 0 aromatic heterocycles. The second-order valence-corrected chi connectivity index (χ2v) is 5.96. The maximum Gasteiger partial charge on any atom is 0.251 e. The summed E-state index contributed by atoms with van der Waals surface area (Å²) in [4.78, 5) is 11.9. The first-order valence-electron chi connectivity index (χ1n) is 6.89. The van der Waals surface area contributed by atoms with E-state index in [4.69, 9.17) is 0 Å². The van der Waals surface area contributed by atoms with Gasteiger partial charge in [0, 0.05) is 48.2 Å². The number of halogens is 1. The molecule has 1 aromatic carbocycles. The Hall–Kier alpha value is -0.950. The van der Waals surface area contributed by atoms with Crippen LogP contribution in [0, 0.1) is 5.92 Å². The Balaban J connectivity index is 1.61. The summed E-state index contributed by atoms with van der Waals surface area (Å²) >= 11 is 3.35. The second kappa shape index (κ2) is 7.73. The highest BCUT2D eigenvalue weighted by Gasteiger charge is 2.21. The van der Waals surface area contributed by atoms with E-state index in [0.717, 1.165) is 24.1 Å². The van der Waals surface area contributed by atoms with E-state index in [2.05, 4.69) is 44.3 Å². The van der Waals surface area contributed by atoms with Crippen molar-refractivity contribution in [3.8, 4) is 0 Å². The minimum Gasteiger partial charge on any atom is -0.351 e. The first-order chi connectivity index (χ1) is 9.66. The van der Waals surface area contributed by atoms with Crippen molar-refractivity contribution in [3.05, 3.63) is 34.3 Å². The predicted molar refractivity (Wildman–Crippen MR) is 83.4 cm³/mol. The van der Waals surface area contributed by atoms with E-state index in [1.807, 2.05) is 24.3 Å². The van der Waals surface area contributed by atoms with Crippen LogP contribution in [-0.4, -0.2) is 38.1 Å². The Morgan fingerprint density at radius 1 is 1.35 bits per heavy atom. The molecule has 0 saturated carbocycles. The van der Waals surface area contributed by atoms with Gasteiger partial charge >= 0.3 is 0 Å². The molecule has 0 aliphatic carbocycles. The maximum absolute atomic E-state index is 11.9. The zero-order chi connectivity index (χ0) is 14.4. The number of rotatable bonds is 6. The highest BCUT2D eigenvalue weighted by Crippen LogP contribution is 2.10. The van der Waals surface area contributed by atoms with E-state index < -0.39 is 0 Å². The van der Waals surface area contributed by atoms with E-state index in [1.165, 1.54) is 0 Å². The molecule has 5 nitrogen and oxygen atoms in total. The van der Waals surface area contributed by atoms with E-state index in [0.29, 0.717) is 24.1 Å². The van der Waals surface area contributed by atoms with Gasteiger partial charge in [-0.1, -0.05) is 15.9 Å². The summed E-state index contributed by atoms with van der Waals surface area (Å²) in [6.07, 6.45) is 0. The maximum atomic E-state index is 11.9. The first-order valence-corrected chi connectivity index (χ1v) is 7.69. The summed E-state index contributed by atoms with van der Waals surface area (Å²) in [5.41, 5.74) is 7.02. The fourth-order valence-electron chi connectivity index (χ4n) is 2.15. The summed E-state index contributed by atoms with van der Waals surface area (Å²) in [6.45, 7) is 5.53. The Kier molecular flexibility index (Phi) is 5.97. The van der Waals surface area contributed by atoms with Gasteiger partial charge in [-0.3, -0.25) is 15.6 Å². The topological polar surface area (TPSA) is 65.2 Å². The fourth-order valence-corrected chi connectivity index (χ4v) is 2.41. The number of nitrogens with one attached hydrogen (secondary N) is 4. The van der Waals surface area contributed by atoms with Crippen molar-refractivity contribution >= 4 is 21.8 Å². The summed E-state index contributed by atoms with van der Waals surface area (Å²) < 4.78 is 0.976. The Labute approximate surface area is 128 Å². The molecule has 1 aromatic rings. The van der Waals surface area contributed by atoms with Gasteiger partial charge in [0.2, 0.25) is 0 Å². The van der Waals surface area contributed by atoms with Gasteiger partial charge < -0.3 is 10.6 Å². The van der Waals surface area contributed by atoms with Crippen molar-refractivity contribution in [1.82, 2.24) is 21.5 Å². The van der Waals surface area contributed by atoms with Crippen molar-refractivity contribution in [2.45, 2.75) is 13.0 Å². The van der Waals surface area contributed by atoms with E-state index in [-0.39, 0.29) is 5.91 Å². The molecular weight excluding hydrogens is 320 g/mol. The molecule has 1 saturated heterocycles. The normalized spacial score (nSPS) is 21.9. The smallest absolute Gasteiger partial charge is 0.251 e. The molecule has 110 valence electrons. The molecule has 1 aliphatic heterocycles. The van der Waals surface area contributed by atoms with Crippen molar-refractivity contribution in [2.75, 3.05) is 26.2 Å². The van der Waals surface area contributed by atoms with Crippen LogP contribution in [0.15, 0.2) is 28.7 Å². The third-order valence-electron chi connectivity index (χ3n) is 3.50. The average molecular weight is 341 g/mol. The largest absolute Gasteiger partial charge is 0.351 e. The van der Waals surface area contributed by atoms with Crippen molar-refractivity contribution < 1.29 is 4.79 Å². The van der Waals surface area contributed by atoms with Crippen LogP contribution in [0.5, 0.6) is 0 Å². The monoisotopic (exact) mass is 340 g/mol. The van der Waals surface area contributed by atoms with Crippen LogP contribution in [-0.2, 0) is 0 Å². The van der Waals surface area contributed by atoms with Crippen LogP contribution in [0.1, 0.15) is 17.3 Å². The van der Waals surface area contributed by atoms with E-state index in [1.54, 1.807) is 0 Å². The van der Waals surface area contributed by atoms with Crippen LogP contribution < -0.4 is 21.5 Å². The second-order valence-electron chi connectivity index (χ2n) is 5.04. The number of hydrogen-bond acceptors (Lipinski definition) is 4. The molecule has 1 heterocycles. The van der Waals surface area contributed by atoms with Gasteiger partial charge in [0.25, 0.3) is 5.91 Å². The molecule has 0 radical (unpaired) electrons. The number of amides is 1. The number of hydrazine groups is 1. The summed E-state index contributed by atoms with van der Waals surface area (Å²) in [6, 6.07) is 7.85. The van der Waals surface area contributed by atoms with Gasteiger partial charge in [-0.05, 0) is 31.2 Å². The van der Waals surface area contributed by atoms with Crippen LogP contribution in [0.3, 0.4) is 0 Å². The standard InChI is InChI=1S/C14H21BrN4O/c1-10-12(9-18-19-10)8-16-6-7-17-14(20)11-2-4-13(15)5-3-11/h2-5,10,12,16,18-19H,6-9H2,1H3,(H,17,20). The number of carbonyl (C=O) groups is 1. The number of carbonyl (C=O) groups excluding carboxylic acids is 1. The van der Waals surface area contributed by atoms with Gasteiger partial charge in [0.1, 0.15) is 0 Å². The van der Waals surface area contributed by atoms with Gasteiger partial charge in [0.15, 0.2) is 0 Å². The molecule has 2 atom stereocenters. The van der Waals surface area contributed by atoms with Crippen molar-refractivity contribution in [3.63, 3.8) is 0 Å². The molecule has 20 heavy (non-hydrogen) atoms. The molecule has 1 aliphatic rings. The molecule has 2 unspecified atom stereocenters. The lowest BCUT2D eigenvalue weighted by Crippen LogP contribution is -2.36. The quantitative estimate of drug-likeness (QED) is 0.580. The third kappa shape index (κ3) is 4.56. The average Bonchev–Trinajstić information content (AvgIpc) is 2.84. The number of hydrogen-bond donors (Lipinski definition) is 4. The van der Waals surface area contributed by atoms with Gasteiger partial charge in [-0.25, -0.2) is 0 Å². The fraction of sp³-hybridized carbons (Fsp3) is 0.500. The summed E-state index contributed by atoms with van der Waals surface area (Å²) in [5, 5.41) is 6.28. The lowest BCUT2D eigenvalue weighted by Gasteiger charge is -2.14. The van der Waals surface area contributed by atoms with Gasteiger partial charge in [0.05, 0.1) is 0 Å². The van der Waals surface area contributed by atoms with Gasteiger partial charge in [-0.2, -0.15) is 0 Å². The molecule has 0 bridgehead atoms. The summed E-state index contributed by atoms with van der Waals surface area (Å²) in [7, 11) is 0. The van der Waals surface area contributed by atoms with E-state index in [9.17, 15) is 4.79 Å². The van der Waals surface area contributed by atoms with Crippen LogP contribution >= 0.6 is 15.9 Å². The summed E-state index contributed by atoms with van der Waals surface area (Å²) in [5.74, 6) is 0.564.